The molecule has 1 fully saturated rings. The van der Waals surface area contributed by atoms with Gasteiger partial charge in [-0.2, -0.15) is 4.68 Å². The van der Waals surface area contributed by atoms with Crippen molar-refractivity contribution in [3.8, 4) is 5.69 Å². The summed E-state index contributed by atoms with van der Waals surface area (Å²) in [5, 5.41) is 12.8. The molecule has 0 saturated carbocycles. The lowest BCUT2D eigenvalue weighted by atomic mass is 10.1. The van der Waals surface area contributed by atoms with E-state index in [1.807, 2.05) is 30.3 Å². The SMILES string of the molecule is NC1CCOCC1Sc1nnnn1-c1ccccc1. The standard InChI is InChI=1S/C12H15N5OS/c13-10-6-7-18-8-11(10)19-12-14-15-16-17(12)9-4-2-1-3-5-9/h1-5,10-11H,6-8,13H2. The van der Waals surface area contributed by atoms with Crippen molar-refractivity contribution in [3.05, 3.63) is 30.3 Å². The van der Waals surface area contributed by atoms with E-state index in [4.69, 9.17) is 10.5 Å². The Labute approximate surface area is 115 Å². The zero-order chi connectivity index (χ0) is 13.1. The fourth-order valence-electron chi connectivity index (χ4n) is 1.97. The molecule has 1 aliphatic rings. The summed E-state index contributed by atoms with van der Waals surface area (Å²) < 4.78 is 7.20. The third kappa shape index (κ3) is 2.78. The van der Waals surface area contributed by atoms with Gasteiger partial charge in [0.05, 0.1) is 17.5 Å². The number of hydrogen-bond donors (Lipinski definition) is 1. The van der Waals surface area contributed by atoms with Gasteiger partial charge in [-0.15, -0.1) is 5.10 Å². The van der Waals surface area contributed by atoms with Crippen molar-refractivity contribution < 1.29 is 4.74 Å². The summed E-state index contributed by atoms with van der Waals surface area (Å²) in [6.07, 6.45) is 0.880. The molecule has 6 nitrogen and oxygen atoms in total. The molecular weight excluding hydrogens is 262 g/mol. The van der Waals surface area contributed by atoms with Crippen molar-refractivity contribution in [3.63, 3.8) is 0 Å². The van der Waals surface area contributed by atoms with Crippen LogP contribution in [0.15, 0.2) is 35.5 Å². The number of nitrogens with zero attached hydrogens (tertiary/aromatic N) is 4. The molecule has 3 rings (SSSR count). The fraction of sp³-hybridized carbons (Fsp3) is 0.417. The van der Waals surface area contributed by atoms with E-state index in [2.05, 4.69) is 15.5 Å². The van der Waals surface area contributed by atoms with Crippen LogP contribution in [0.25, 0.3) is 5.69 Å². The highest BCUT2D eigenvalue weighted by Crippen LogP contribution is 2.27. The van der Waals surface area contributed by atoms with Crippen LogP contribution in [0.3, 0.4) is 0 Å². The van der Waals surface area contributed by atoms with Gasteiger partial charge >= 0.3 is 0 Å². The van der Waals surface area contributed by atoms with E-state index in [0.29, 0.717) is 6.61 Å². The molecule has 2 unspecified atom stereocenters. The molecule has 1 aromatic heterocycles. The molecule has 2 N–H and O–H groups in total. The van der Waals surface area contributed by atoms with E-state index in [-0.39, 0.29) is 11.3 Å². The molecule has 100 valence electrons. The molecule has 2 heterocycles. The quantitative estimate of drug-likeness (QED) is 0.897. The highest BCUT2D eigenvalue weighted by molar-refractivity contribution is 7.99. The number of rotatable bonds is 3. The maximum atomic E-state index is 6.11. The van der Waals surface area contributed by atoms with Gasteiger partial charge in [0.25, 0.3) is 0 Å². The zero-order valence-electron chi connectivity index (χ0n) is 10.3. The summed E-state index contributed by atoms with van der Waals surface area (Å²) in [7, 11) is 0. The molecule has 0 spiro atoms. The minimum atomic E-state index is 0.125. The summed E-state index contributed by atoms with van der Waals surface area (Å²) in [5.41, 5.74) is 7.05. The second-order valence-corrected chi connectivity index (χ2v) is 5.60. The number of para-hydroxylation sites is 1. The average Bonchev–Trinajstić information content (AvgIpc) is 2.91. The number of aromatic nitrogens is 4. The van der Waals surface area contributed by atoms with Gasteiger partial charge in [-0.1, -0.05) is 30.0 Å². The van der Waals surface area contributed by atoms with Crippen LogP contribution in [0.4, 0.5) is 0 Å². The summed E-state index contributed by atoms with van der Waals surface area (Å²) in [5.74, 6) is 0. The molecule has 7 heteroatoms. The first kappa shape index (κ1) is 12.6. The van der Waals surface area contributed by atoms with Gasteiger partial charge in [-0.3, -0.25) is 0 Å². The predicted molar refractivity (Wildman–Crippen MR) is 72.2 cm³/mol. The van der Waals surface area contributed by atoms with Crippen molar-refractivity contribution in [2.45, 2.75) is 22.9 Å². The third-order valence-electron chi connectivity index (χ3n) is 3.05. The Morgan fingerprint density at radius 3 is 2.95 bits per heavy atom. The first-order valence-electron chi connectivity index (χ1n) is 6.18. The minimum absolute atomic E-state index is 0.125. The smallest absolute Gasteiger partial charge is 0.214 e. The fourth-order valence-corrected chi connectivity index (χ4v) is 3.04. The van der Waals surface area contributed by atoms with Gasteiger partial charge in [-0.25, -0.2) is 0 Å². The highest BCUT2D eigenvalue weighted by Gasteiger charge is 2.26. The topological polar surface area (TPSA) is 78.8 Å². The van der Waals surface area contributed by atoms with E-state index in [1.165, 1.54) is 0 Å². The second-order valence-electron chi connectivity index (χ2n) is 4.39. The molecule has 0 amide bonds. The van der Waals surface area contributed by atoms with E-state index >= 15 is 0 Å². The third-order valence-corrected chi connectivity index (χ3v) is 4.31. The monoisotopic (exact) mass is 277 g/mol. The summed E-state index contributed by atoms with van der Waals surface area (Å²) in [4.78, 5) is 0. The van der Waals surface area contributed by atoms with Crippen LogP contribution in [0.2, 0.25) is 0 Å². The second kappa shape index (κ2) is 5.68. The molecule has 2 aromatic rings. The van der Waals surface area contributed by atoms with E-state index < -0.39 is 0 Å². The van der Waals surface area contributed by atoms with Crippen LogP contribution in [-0.4, -0.2) is 44.7 Å². The van der Waals surface area contributed by atoms with Crippen molar-refractivity contribution >= 4 is 11.8 Å². The Morgan fingerprint density at radius 1 is 1.32 bits per heavy atom. The lowest BCUT2D eigenvalue weighted by Crippen LogP contribution is -2.41. The number of nitrogens with two attached hydrogens (primary N) is 1. The Balaban J connectivity index is 1.81. The number of benzene rings is 1. The zero-order valence-corrected chi connectivity index (χ0v) is 11.2. The molecule has 2 atom stereocenters. The maximum absolute atomic E-state index is 6.11. The number of thioether (sulfide) groups is 1. The normalized spacial score (nSPS) is 23.4. The summed E-state index contributed by atoms with van der Waals surface area (Å²) >= 11 is 1.58. The van der Waals surface area contributed by atoms with E-state index in [1.54, 1.807) is 16.4 Å². The van der Waals surface area contributed by atoms with Crippen LogP contribution in [0.1, 0.15) is 6.42 Å². The first-order chi connectivity index (χ1) is 9.34. The van der Waals surface area contributed by atoms with Crippen molar-refractivity contribution in [2.75, 3.05) is 13.2 Å². The minimum Gasteiger partial charge on any atom is -0.380 e. The Hall–Kier alpha value is -1.44. The molecular formula is C12H15N5OS. The highest BCUT2D eigenvalue weighted by atomic mass is 32.2. The summed E-state index contributed by atoms with van der Waals surface area (Å²) in [6, 6.07) is 9.95. The lowest BCUT2D eigenvalue weighted by molar-refractivity contribution is 0.0915. The molecule has 0 radical (unpaired) electrons. The van der Waals surface area contributed by atoms with Crippen LogP contribution in [0, 0.1) is 0 Å². The lowest BCUT2D eigenvalue weighted by Gasteiger charge is -2.27. The van der Waals surface area contributed by atoms with Crippen LogP contribution < -0.4 is 5.73 Å². The van der Waals surface area contributed by atoms with Gasteiger partial charge < -0.3 is 10.5 Å². The van der Waals surface area contributed by atoms with Gasteiger partial charge in [0, 0.05) is 12.6 Å². The van der Waals surface area contributed by atoms with Crippen LogP contribution in [-0.2, 0) is 4.74 Å². The van der Waals surface area contributed by atoms with Gasteiger partial charge in [0.2, 0.25) is 5.16 Å². The van der Waals surface area contributed by atoms with Gasteiger partial charge in [0.1, 0.15) is 0 Å². The molecule has 1 aliphatic heterocycles. The average molecular weight is 277 g/mol. The first-order valence-corrected chi connectivity index (χ1v) is 7.06. The Kier molecular flexibility index (Phi) is 3.77. The van der Waals surface area contributed by atoms with Crippen molar-refractivity contribution in [2.24, 2.45) is 5.73 Å². The maximum Gasteiger partial charge on any atom is 0.214 e. The van der Waals surface area contributed by atoms with Crippen molar-refractivity contribution in [1.82, 2.24) is 20.2 Å². The number of tetrazole rings is 1. The molecule has 1 saturated heterocycles. The van der Waals surface area contributed by atoms with Crippen LogP contribution >= 0.6 is 11.8 Å². The number of ether oxygens (including phenoxy) is 1. The molecule has 19 heavy (non-hydrogen) atoms. The van der Waals surface area contributed by atoms with E-state index in [0.717, 1.165) is 23.9 Å². The van der Waals surface area contributed by atoms with E-state index in [9.17, 15) is 0 Å². The van der Waals surface area contributed by atoms with Crippen LogP contribution in [0.5, 0.6) is 0 Å². The van der Waals surface area contributed by atoms with Crippen molar-refractivity contribution in [1.29, 1.82) is 0 Å². The summed E-state index contributed by atoms with van der Waals surface area (Å²) in [6.45, 7) is 1.38. The Bertz CT molecular complexity index is 532. The Morgan fingerprint density at radius 2 is 2.16 bits per heavy atom. The molecule has 1 aromatic carbocycles. The predicted octanol–water partition coefficient (Wildman–Crippen LogP) is 0.871. The van der Waals surface area contributed by atoms with Gasteiger partial charge in [0.15, 0.2) is 0 Å². The molecule has 0 bridgehead atoms. The van der Waals surface area contributed by atoms with Gasteiger partial charge in [-0.05, 0) is 29.0 Å². The molecule has 0 aliphatic carbocycles. The largest absolute Gasteiger partial charge is 0.380 e. The number of hydrogen-bond acceptors (Lipinski definition) is 6.